The number of hydrogen-bond donors (Lipinski definition) is 0. The molecule has 0 aliphatic heterocycles. The highest BCUT2D eigenvalue weighted by Gasteiger charge is 2.06. The van der Waals surface area contributed by atoms with Gasteiger partial charge >= 0.3 is 0 Å². The Balaban J connectivity index is 2.49. The van der Waals surface area contributed by atoms with Crippen molar-refractivity contribution in [3.63, 3.8) is 0 Å². The normalized spacial score (nSPS) is 10.3. The molecule has 0 radical (unpaired) electrons. The third-order valence-electron chi connectivity index (χ3n) is 1.88. The van der Waals surface area contributed by atoms with Crippen molar-refractivity contribution < 1.29 is 0 Å². The van der Waals surface area contributed by atoms with Crippen LogP contribution in [0.5, 0.6) is 0 Å². The van der Waals surface area contributed by atoms with Gasteiger partial charge in [0.25, 0.3) is 0 Å². The van der Waals surface area contributed by atoms with E-state index in [1.165, 1.54) is 0 Å². The zero-order chi connectivity index (χ0) is 10.7. The van der Waals surface area contributed by atoms with Gasteiger partial charge < -0.3 is 0 Å². The molecular weight excluding hydrogens is 212 g/mol. The lowest BCUT2D eigenvalue weighted by Gasteiger charge is -2.01. The minimum atomic E-state index is 0.421. The first-order chi connectivity index (χ1) is 7.29. The molecule has 0 aliphatic carbocycles. The summed E-state index contributed by atoms with van der Waals surface area (Å²) < 4.78 is 0. The molecule has 0 fully saturated rings. The van der Waals surface area contributed by atoms with Crippen molar-refractivity contribution >= 4 is 11.6 Å². The Kier molecular flexibility index (Phi) is 2.87. The predicted molar refractivity (Wildman–Crippen MR) is 57.4 cm³/mol. The van der Waals surface area contributed by atoms with E-state index in [0.717, 1.165) is 12.1 Å². The molecule has 0 unspecified atom stereocenters. The Labute approximate surface area is 92.4 Å². The van der Waals surface area contributed by atoms with Crippen molar-refractivity contribution in [2.24, 2.45) is 0 Å². The van der Waals surface area contributed by atoms with Crippen LogP contribution in [0.4, 0.5) is 0 Å². The summed E-state index contributed by atoms with van der Waals surface area (Å²) >= 11 is 5.87. The molecule has 0 spiro atoms. The van der Waals surface area contributed by atoms with E-state index in [1.807, 2.05) is 6.92 Å². The molecule has 0 amide bonds. The van der Waals surface area contributed by atoms with E-state index in [0.29, 0.717) is 16.8 Å². The number of rotatable bonds is 2. The molecule has 0 bridgehead atoms. The van der Waals surface area contributed by atoms with Gasteiger partial charge in [-0.25, -0.2) is 19.9 Å². The number of nitrogens with zero attached hydrogens (tertiary/aromatic N) is 4. The third kappa shape index (κ3) is 2.27. The molecule has 76 valence electrons. The Morgan fingerprint density at radius 3 is 2.53 bits per heavy atom. The fourth-order valence-electron chi connectivity index (χ4n) is 1.16. The Morgan fingerprint density at radius 1 is 1.13 bits per heavy atom. The third-order valence-corrected chi connectivity index (χ3v) is 2.07. The van der Waals surface area contributed by atoms with E-state index in [2.05, 4.69) is 19.9 Å². The van der Waals surface area contributed by atoms with Crippen LogP contribution in [-0.4, -0.2) is 19.9 Å². The summed E-state index contributed by atoms with van der Waals surface area (Å²) in [4.78, 5) is 16.5. The van der Waals surface area contributed by atoms with E-state index in [4.69, 9.17) is 11.6 Å². The smallest absolute Gasteiger partial charge is 0.199 e. The molecule has 2 heterocycles. The quantitative estimate of drug-likeness (QED) is 0.728. The summed E-state index contributed by atoms with van der Waals surface area (Å²) in [7, 11) is 0. The monoisotopic (exact) mass is 220 g/mol. The molecule has 0 N–H and O–H groups in total. The van der Waals surface area contributed by atoms with Crippen molar-refractivity contribution in [2.45, 2.75) is 13.3 Å². The van der Waals surface area contributed by atoms with Gasteiger partial charge in [-0.3, -0.25) is 0 Å². The van der Waals surface area contributed by atoms with Gasteiger partial charge in [-0.2, -0.15) is 0 Å². The predicted octanol–water partition coefficient (Wildman–Crippen LogP) is 2.15. The molecule has 2 aromatic rings. The Hall–Kier alpha value is -1.55. The maximum Gasteiger partial charge on any atom is 0.199 e. The van der Waals surface area contributed by atoms with Crippen molar-refractivity contribution in [1.29, 1.82) is 0 Å². The summed E-state index contributed by atoms with van der Waals surface area (Å²) in [6, 6.07) is 3.49. The van der Waals surface area contributed by atoms with Crippen molar-refractivity contribution in [1.82, 2.24) is 19.9 Å². The summed E-state index contributed by atoms with van der Waals surface area (Å²) in [5.74, 6) is 0.967. The summed E-state index contributed by atoms with van der Waals surface area (Å²) in [5.41, 5.74) is 0.887. The van der Waals surface area contributed by atoms with Crippen LogP contribution >= 0.6 is 11.6 Å². The van der Waals surface area contributed by atoms with E-state index in [9.17, 15) is 0 Å². The maximum atomic E-state index is 5.87. The fraction of sp³-hybridized carbons (Fsp3) is 0.200. The summed E-state index contributed by atoms with van der Waals surface area (Å²) in [6.07, 6.45) is 4.11. The van der Waals surface area contributed by atoms with Crippen molar-refractivity contribution in [3.05, 3.63) is 35.4 Å². The molecule has 0 saturated heterocycles. The lowest BCUT2D eigenvalue weighted by atomic mass is 10.3. The first kappa shape index (κ1) is 9.98. The van der Waals surface area contributed by atoms with Crippen LogP contribution in [0.1, 0.15) is 12.6 Å². The standard InChI is InChI=1S/C10H9ClN4/c1-2-7-6-8(11)15-10(14-7)9-12-4-3-5-13-9/h3-6H,2H2,1H3. The number of aromatic nitrogens is 4. The molecule has 15 heavy (non-hydrogen) atoms. The molecule has 0 aliphatic rings. The summed E-state index contributed by atoms with van der Waals surface area (Å²) in [6.45, 7) is 2.01. The van der Waals surface area contributed by atoms with Crippen LogP contribution in [0, 0.1) is 0 Å². The largest absolute Gasteiger partial charge is 0.234 e. The van der Waals surface area contributed by atoms with Gasteiger partial charge in [-0.1, -0.05) is 18.5 Å². The second-order valence-electron chi connectivity index (χ2n) is 2.93. The van der Waals surface area contributed by atoms with Gasteiger partial charge in [0.2, 0.25) is 0 Å². The average molecular weight is 221 g/mol. The van der Waals surface area contributed by atoms with Gasteiger partial charge in [0, 0.05) is 18.1 Å². The topological polar surface area (TPSA) is 51.6 Å². The van der Waals surface area contributed by atoms with Crippen LogP contribution in [0.15, 0.2) is 24.5 Å². The minimum absolute atomic E-state index is 0.421. The zero-order valence-corrected chi connectivity index (χ0v) is 8.94. The first-order valence-electron chi connectivity index (χ1n) is 4.60. The van der Waals surface area contributed by atoms with Gasteiger partial charge in [0.05, 0.1) is 0 Å². The SMILES string of the molecule is CCc1cc(Cl)nc(-c2ncccn2)n1. The fourth-order valence-corrected chi connectivity index (χ4v) is 1.37. The molecule has 2 rings (SSSR count). The van der Waals surface area contributed by atoms with E-state index >= 15 is 0 Å². The number of aryl methyl sites for hydroxylation is 1. The van der Waals surface area contributed by atoms with Crippen LogP contribution in [-0.2, 0) is 6.42 Å². The molecule has 4 nitrogen and oxygen atoms in total. The van der Waals surface area contributed by atoms with Crippen LogP contribution in [0.3, 0.4) is 0 Å². The first-order valence-corrected chi connectivity index (χ1v) is 4.98. The van der Waals surface area contributed by atoms with E-state index in [-0.39, 0.29) is 0 Å². The van der Waals surface area contributed by atoms with Crippen molar-refractivity contribution in [3.8, 4) is 11.6 Å². The number of hydrogen-bond acceptors (Lipinski definition) is 4. The molecule has 0 atom stereocenters. The van der Waals surface area contributed by atoms with Gasteiger partial charge in [0.15, 0.2) is 11.6 Å². The van der Waals surface area contributed by atoms with Crippen LogP contribution in [0.2, 0.25) is 5.15 Å². The second-order valence-corrected chi connectivity index (χ2v) is 3.32. The van der Waals surface area contributed by atoms with Gasteiger partial charge in [-0.05, 0) is 18.6 Å². The highest BCUT2D eigenvalue weighted by atomic mass is 35.5. The van der Waals surface area contributed by atoms with Crippen LogP contribution < -0.4 is 0 Å². The van der Waals surface area contributed by atoms with E-state index in [1.54, 1.807) is 24.5 Å². The highest BCUT2D eigenvalue weighted by molar-refractivity contribution is 6.29. The molecular formula is C10H9ClN4. The number of halogens is 1. The Bertz CT molecular complexity index is 458. The van der Waals surface area contributed by atoms with Gasteiger partial charge in [-0.15, -0.1) is 0 Å². The molecule has 2 aromatic heterocycles. The Morgan fingerprint density at radius 2 is 1.87 bits per heavy atom. The van der Waals surface area contributed by atoms with Crippen molar-refractivity contribution in [2.75, 3.05) is 0 Å². The maximum absolute atomic E-state index is 5.87. The lowest BCUT2D eigenvalue weighted by Crippen LogP contribution is -1.98. The lowest BCUT2D eigenvalue weighted by molar-refractivity contribution is 0.984. The second kappa shape index (κ2) is 4.31. The van der Waals surface area contributed by atoms with E-state index < -0.39 is 0 Å². The van der Waals surface area contributed by atoms with Crippen LogP contribution in [0.25, 0.3) is 11.6 Å². The van der Waals surface area contributed by atoms with Gasteiger partial charge in [0.1, 0.15) is 5.15 Å². The average Bonchev–Trinajstić information content (AvgIpc) is 2.29. The molecule has 0 aromatic carbocycles. The molecule has 0 saturated carbocycles. The highest BCUT2D eigenvalue weighted by Crippen LogP contribution is 2.13. The molecule has 5 heteroatoms. The zero-order valence-electron chi connectivity index (χ0n) is 8.18. The minimum Gasteiger partial charge on any atom is -0.234 e. The summed E-state index contributed by atoms with van der Waals surface area (Å²) in [5, 5.41) is 0.421.